The maximum atomic E-state index is 12.9. The van der Waals surface area contributed by atoms with Crippen LogP contribution in [0.15, 0.2) is 24.7 Å². The van der Waals surface area contributed by atoms with Gasteiger partial charge in [-0.1, -0.05) is 12.8 Å². The van der Waals surface area contributed by atoms with Crippen LogP contribution >= 0.6 is 0 Å². The third-order valence-electron chi connectivity index (χ3n) is 5.89. The summed E-state index contributed by atoms with van der Waals surface area (Å²) in [7, 11) is 1.91. The zero-order valence-corrected chi connectivity index (χ0v) is 14.3. The Morgan fingerprint density at radius 1 is 1.46 bits per heavy atom. The highest BCUT2D eigenvalue weighted by Crippen LogP contribution is 2.56. The van der Waals surface area contributed by atoms with Crippen molar-refractivity contribution in [3.05, 3.63) is 30.4 Å². The second-order valence-electron chi connectivity index (χ2n) is 7.00. The van der Waals surface area contributed by atoms with Gasteiger partial charge < -0.3 is 9.64 Å². The van der Waals surface area contributed by atoms with Crippen LogP contribution in [-0.4, -0.2) is 51.0 Å². The molecule has 0 unspecified atom stereocenters. The van der Waals surface area contributed by atoms with Gasteiger partial charge in [0.05, 0.1) is 6.10 Å². The first kappa shape index (κ1) is 15.6. The second kappa shape index (κ2) is 5.84. The first-order chi connectivity index (χ1) is 11.7. The Morgan fingerprint density at radius 3 is 2.96 bits per heavy atom. The number of ether oxygens (including phenoxy) is 1. The van der Waals surface area contributed by atoms with Crippen LogP contribution in [0.3, 0.4) is 0 Å². The molecule has 2 saturated carbocycles. The smallest absolute Gasteiger partial charge is 0.274 e. The highest BCUT2D eigenvalue weighted by atomic mass is 16.5. The van der Waals surface area contributed by atoms with E-state index in [9.17, 15) is 4.79 Å². The number of carbonyl (C=O) groups excluding carboxylic acids is 1. The molecular weight excluding hydrogens is 304 g/mol. The van der Waals surface area contributed by atoms with E-state index in [0.29, 0.717) is 17.6 Å². The summed E-state index contributed by atoms with van der Waals surface area (Å²) in [5, 5.41) is 0. The molecule has 0 bridgehead atoms. The van der Waals surface area contributed by atoms with E-state index in [-0.39, 0.29) is 17.4 Å². The van der Waals surface area contributed by atoms with Crippen LogP contribution in [0.4, 0.5) is 0 Å². The van der Waals surface area contributed by atoms with E-state index >= 15 is 0 Å². The van der Waals surface area contributed by atoms with E-state index in [1.54, 1.807) is 16.8 Å². The van der Waals surface area contributed by atoms with Crippen LogP contribution in [0.2, 0.25) is 0 Å². The fraction of sp³-hybridized carbons (Fsp3) is 0.611. The van der Waals surface area contributed by atoms with Crippen molar-refractivity contribution in [1.82, 2.24) is 19.3 Å². The molecule has 0 saturated heterocycles. The number of rotatable bonds is 4. The van der Waals surface area contributed by atoms with Gasteiger partial charge in [-0.25, -0.2) is 9.97 Å². The minimum Gasteiger partial charge on any atom is -0.378 e. The number of nitrogens with zero attached hydrogens (tertiary/aromatic N) is 4. The number of amides is 1. The van der Waals surface area contributed by atoms with Crippen molar-refractivity contribution in [3.63, 3.8) is 0 Å². The normalized spacial score (nSPS) is 25.1. The quantitative estimate of drug-likeness (QED) is 0.865. The molecule has 6 nitrogen and oxygen atoms in total. The third-order valence-corrected chi connectivity index (χ3v) is 5.89. The first-order valence-corrected chi connectivity index (χ1v) is 8.84. The maximum absolute atomic E-state index is 12.9. The summed E-state index contributed by atoms with van der Waals surface area (Å²) in [6.07, 6.45) is 11.3. The molecule has 1 spiro atoms. The van der Waals surface area contributed by atoms with Crippen LogP contribution < -0.4 is 0 Å². The van der Waals surface area contributed by atoms with Gasteiger partial charge in [0, 0.05) is 43.7 Å². The Hall–Kier alpha value is -1.95. The van der Waals surface area contributed by atoms with Crippen LogP contribution in [0.1, 0.15) is 49.5 Å². The first-order valence-electron chi connectivity index (χ1n) is 8.84. The number of aromatic nitrogens is 3. The van der Waals surface area contributed by atoms with Gasteiger partial charge >= 0.3 is 0 Å². The molecule has 24 heavy (non-hydrogen) atoms. The number of fused-ring (bicyclic) bond motifs is 1. The summed E-state index contributed by atoms with van der Waals surface area (Å²) in [5.41, 5.74) is 0.613. The fourth-order valence-electron chi connectivity index (χ4n) is 4.65. The van der Waals surface area contributed by atoms with Gasteiger partial charge in [-0.15, -0.1) is 0 Å². The number of hydrogen-bond donors (Lipinski definition) is 0. The number of carbonyl (C=O) groups is 1. The highest BCUT2D eigenvalue weighted by Gasteiger charge is 2.58. The summed E-state index contributed by atoms with van der Waals surface area (Å²) in [6, 6.07) is 2.08. The van der Waals surface area contributed by atoms with Gasteiger partial charge in [-0.2, -0.15) is 0 Å². The Labute approximate surface area is 141 Å². The zero-order chi connectivity index (χ0) is 16.7. The maximum Gasteiger partial charge on any atom is 0.274 e. The molecule has 2 heterocycles. The van der Waals surface area contributed by atoms with Gasteiger partial charge in [-0.3, -0.25) is 9.20 Å². The number of hydrogen-bond acceptors (Lipinski definition) is 4. The van der Waals surface area contributed by atoms with Crippen molar-refractivity contribution in [2.24, 2.45) is 5.41 Å². The molecule has 2 aliphatic carbocycles. The Kier molecular flexibility index (Phi) is 3.79. The van der Waals surface area contributed by atoms with Gasteiger partial charge in [0.2, 0.25) is 5.78 Å². The SMILES string of the molecule is CCO[C@@H]1C[C@@H](N(C)C(=O)c2cn3cccnc3n2)C12CCCC2. The van der Waals surface area contributed by atoms with E-state index in [4.69, 9.17) is 4.74 Å². The molecule has 2 atom stereocenters. The lowest BCUT2D eigenvalue weighted by Crippen LogP contribution is -2.64. The van der Waals surface area contributed by atoms with Crippen LogP contribution in [-0.2, 0) is 4.74 Å². The van der Waals surface area contributed by atoms with E-state index in [1.165, 1.54) is 12.8 Å². The minimum atomic E-state index is -0.0216. The molecule has 4 rings (SSSR count). The van der Waals surface area contributed by atoms with E-state index in [1.807, 2.05) is 24.2 Å². The van der Waals surface area contributed by atoms with Crippen LogP contribution in [0.5, 0.6) is 0 Å². The highest BCUT2D eigenvalue weighted by molar-refractivity contribution is 5.93. The Bertz CT molecular complexity index is 717. The molecule has 0 radical (unpaired) electrons. The molecule has 2 fully saturated rings. The van der Waals surface area contributed by atoms with Gasteiger partial charge in [0.25, 0.3) is 5.91 Å². The lowest BCUT2D eigenvalue weighted by Gasteiger charge is -2.56. The molecule has 0 N–H and O–H groups in total. The zero-order valence-electron chi connectivity index (χ0n) is 14.3. The van der Waals surface area contributed by atoms with Gasteiger partial charge in [-0.05, 0) is 32.3 Å². The lowest BCUT2D eigenvalue weighted by molar-refractivity contribution is -0.152. The molecule has 2 aromatic rings. The van der Waals surface area contributed by atoms with Crippen molar-refractivity contribution in [2.75, 3.05) is 13.7 Å². The average molecular weight is 328 g/mol. The number of imidazole rings is 1. The van der Waals surface area contributed by atoms with Crippen molar-refractivity contribution >= 4 is 11.7 Å². The second-order valence-corrected chi connectivity index (χ2v) is 7.00. The van der Waals surface area contributed by atoms with Crippen LogP contribution in [0, 0.1) is 5.41 Å². The summed E-state index contributed by atoms with van der Waals surface area (Å²) in [6.45, 7) is 2.80. The van der Waals surface area contributed by atoms with E-state index in [2.05, 4.69) is 16.9 Å². The fourth-order valence-corrected chi connectivity index (χ4v) is 4.65. The largest absolute Gasteiger partial charge is 0.378 e. The van der Waals surface area contributed by atoms with Crippen molar-refractivity contribution in [2.45, 2.75) is 51.2 Å². The van der Waals surface area contributed by atoms with Gasteiger partial charge in [0.15, 0.2) is 0 Å². The molecule has 128 valence electrons. The molecule has 2 aromatic heterocycles. The predicted octanol–water partition coefficient (Wildman–Crippen LogP) is 2.54. The summed E-state index contributed by atoms with van der Waals surface area (Å²) in [5.74, 6) is 0.539. The molecule has 0 aromatic carbocycles. The topological polar surface area (TPSA) is 59.7 Å². The average Bonchev–Trinajstić information content (AvgIpc) is 3.25. The monoisotopic (exact) mass is 328 g/mol. The summed E-state index contributed by atoms with van der Waals surface area (Å²) in [4.78, 5) is 23.4. The Balaban J connectivity index is 1.56. The van der Waals surface area contributed by atoms with Crippen molar-refractivity contribution in [1.29, 1.82) is 0 Å². The molecule has 0 aliphatic heterocycles. The van der Waals surface area contributed by atoms with Crippen LogP contribution in [0.25, 0.3) is 5.78 Å². The molecule has 6 heteroatoms. The standard InChI is InChI=1S/C18H24N4O2/c1-3-24-15-11-14(18(15)7-4-5-8-18)21(2)16(23)13-12-22-10-6-9-19-17(22)20-13/h6,9-10,12,14-15H,3-5,7-8,11H2,1-2H3/t14-,15-/m1/s1. The molecular formula is C18H24N4O2. The minimum absolute atomic E-state index is 0.0216. The van der Waals surface area contributed by atoms with E-state index < -0.39 is 0 Å². The van der Waals surface area contributed by atoms with Crippen molar-refractivity contribution < 1.29 is 9.53 Å². The third kappa shape index (κ3) is 2.24. The Morgan fingerprint density at radius 2 is 2.25 bits per heavy atom. The molecule has 1 amide bonds. The predicted molar refractivity (Wildman–Crippen MR) is 89.8 cm³/mol. The summed E-state index contributed by atoms with van der Waals surface area (Å²) < 4.78 is 7.75. The molecule has 2 aliphatic rings. The summed E-state index contributed by atoms with van der Waals surface area (Å²) >= 11 is 0. The van der Waals surface area contributed by atoms with E-state index in [0.717, 1.165) is 25.9 Å². The van der Waals surface area contributed by atoms with Crippen molar-refractivity contribution in [3.8, 4) is 0 Å². The van der Waals surface area contributed by atoms with Gasteiger partial charge in [0.1, 0.15) is 5.69 Å². The lowest BCUT2D eigenvalue weighted by atomic mass is 9.60.